The van der Waals surface area contributed by atoms with Crippen LogP contribution in [0.5, 0.6) is 5.75 Å². The van der Waals surface area contributed by atoms with Gasteiger partial charge in [-0.2, -0.15) is 0 Å². The van der Waals surface area contributed by atoms with Gasteiger partial charge in [-0.25, -0.2) is 4.39 Å². The summed E-state index contributed by atoms with van der Waals surface area (Å²) in [6, 6.07) is 2.75. The minimum absolute atomic E-state index is 0.0852. The summed E-state index contributed by atoms with van der Waals surface area (Å²) in [4.78, 5) is 0. The summed E-state index contributed by atoms with van der Waals surface area (Å²) in [7, 11) is 0. The van der Waals surface area contributed by atoms with Crippen LogP contribution in [0.1, 0.15) is 24.4 Å². The van der Waals surface area contributed by atoms with Crippen molar-refractivity contribution in [2.75, 3.05) is 6.54 Å². The van der Waals surface area contributed by atoms with E-state index in [-0.39, 0.29) is 17.6 Å². The molecular formula is C10H11BrFNO. The lowest BCUT2D eigenvalue weighted by atomic mass is 10.0. The van der Waals surface area contributed by atoms with Crippen LogP contribution in [-0.4, -0.2) is 11.7 Å². The molecule has 0 aliphatic carbocycles. The highest BCUT2D eigenvalue weighted by Crippen LogP contribution is 2.36. The van der Waals surface area contributed by atoms with E-state index in [1.165, 1.54) is 12.1 Å². The molecule has 1 aromatic carbocycles. The molecule has 1 saturated heterocycles. The molecular weight excluding hydrogens is 249 g/mol. The number of hydrogen-bond donors (Lipinski definition) is 2. The Kier molecular flexibility index (Phi) is 2.74. The van der Waals surface area contributed by atoms with Gasteiger partial charge < -0.3 is 10.4 Å². The first-order valence-electron chi connectivity index (χ1n) is 4.60. The normalized spacial score (nSPS) is 21.4. The van der Waals surface area contributed by atoms with Crippen LogP contribution in [0.4, 0.5) is 4.39 Å². The van der Waals surface area contributed by atoms with Crippen molar-refractivity contribution in [3.63, 3.8) is 0 Å². The van der Waals surface area contributed by atoms with Crippen LogP contribution in [-0.2, 0) is 0 Å². The Morgan fingerprint density at radius 1 is 1.50 bits per heavy atom. The molecule has 2 rings (SSSR count). The van der Waals surface area contributed by atoms with Gasteiger partial charge in [0.25, 0.3) is 0 Å². The summed E-state index contributed by atoms with van der Waals surface area (Å²) < 4.78 is 13.5. The number of nitrogens with one attached hydrogen (secondary N) is 1. The number of phenols is 1. The zero-order valence-electron chi connectivity index (χ0n) is 7.56. The Hall–Kier alpha value is -0.610. The van der Waals surface area contributed by atoms with E-state index >= 15 is 0 Å². The maximum atomic E-state index is 13.1. The Labute approximate surface area is 90.3 Å². The van der Waals surface area contributed by atoms with Gasteiger partial charge in [0.05, 0.1) is 4.47 Å². The van der Waals surface area contributed by atoms with Gasteiger partial charge in [0.2, 0.25) is 0 Å². The average Bonchev–Trinajstić information content (AvgIpc) is 2.63. The predicted molar refractivity (Wildman–Crippen MR) is 55.7 cm³/mol. The Morgan fingerprint density at radius 3 is 2.93 bits per heavy atom. The van der Waals surface area contributed by atoms with Crippen LogP contribution < -0.4 is 5.32 Å². The van der Waals surface area contributed by atoms with Crippen molar-refractivity contribution >= 4 is 15.9 Å². The van der Waals surface area contributed by atoms with E-state index in [1.54, 1.807) is 0 Å². The van der Waals surface area contributed by atoms with Crippen molar-refractivity contribution in [1.82, 2.24) is 5.32 Å². The van der Waals surface area contributed by atoms with Crippen LogP contribution in [0, 0.1) is 5.82 Å². The fraction of sp³-hybridized carbons (Fsp3) is 0.400. The lowest BCUT2D eigenvalue weighted by molar-refractivity contribution is 0.450. The molecule has 1 heterocycles. The van der Waals surface area contributed by atoms with Crippen LogP contribution in [0.15, 0.2) is 16.6 Å². The Bertz CT molecular complexity index is 350. The van der Waals surface area contributed by atoms with E-state index in [4.69, 9.17) is 0 Å². The third-order valence-electron chi connectivity index (χ3n) is 2.49. The first-order chi connectivity index (χ1) is 6.68. The highest BCUT2D eigenvalue weighted by molar-refractivity contribution is 9.10. The highest BCUT2D eigenvalue weighted by Gasteiger charge is 2.21. The summed E-state index contributed by atoms with van der Waals surface area (Å²) in [5, 5.41) is 12.9. The van der Waals surface area contributed by atoms with Crippen molar-refractivity contribution in [2.45, 2.75) is 18.9 Å². The summed E-state index contributed by atoms with van der Waals surface area (Å²) in [5.74, 6) is -0.177. The number of benzene rings is 1. The third kappa shape index (κ3) is 1.77. The quantitative estimate of drug-likeness (QED) is 0.813. The SMILES string of the molecule is Oc1c(Br)cc(F)cc1[C@H]1CCCN1. The average molecular weight is 260 g/mol. The number of aromatic hydroxyl groups is 1. The maximum Gasteiger partial charge on any atom is 0.134 e. The molecule has 1 aliphatic rings. The summed E-state index contributed by atoms with van der Waals surface area (Å²) in [6.45, 7) is 0.929. The van der Waals surface area contributed by atoms with Crippen molar-refractivity contribution in [1.29, 1.82) is 0 Å². The molecule has 0 radical (unpaired) electrons. The molecule has 0 aromatic heterocycles. The molecule has 2 nitrogen and oxygen atoms in total. The molecule has 1 aromatic rings. The van der Waals surface area contributed by atoms with E-state index in [2.05, 4.69) is 21.2 Å². The second-order valence-electron chi connectivity index (χ2n) is 3.47. The van der Waals surface area contributed by atoms with Gasteiger partial charge in [-0.1, -0.05) is 0 Å². The molecule has 0 spiro atoms. The number of rotatable bonds is 1. The van der Waals surface area contributed by atoms with Gasteiger partial charge in [-0.3, -0.25) is 0 Å². The van der Waals surface area contributed by atoms with E-state index in [9.17, 15) is 9.50 Å². The number of halogens is 2. The van der Waals surface area contributed by atoms with Crippen molar-refractivity contribution in [3.8, 4) is 5.75 Å². The van der Waals surface area contributed by atoms with Gasteiger partial charge in [-0.15, -0.1) is 0 Å². The fourth-order valence-corrected chi connectivity index (χ4v) is 2.25. The molecule has 0 amide bonds. The molecule has 1 aliphatic heterocycles. The zero-order valence-corrected chi connectivity index (χ0v) is 9.14. The van der Waals surface area contributed by atoms with Crippen LogP contribution in [0.2, 0.25) is 0 Å². The summed E-state index contributed by atoms with van der Waals surface area (Å²) >= 11 is 3.13. The first kappa shape index (κ1) is 9.93. The number of phenolic OH excluding ortho intramolecular Hbond substituents is 1. The number of hydrogen-bond acceptors (Lipinski definition) is 2. The van der Waals surface area contributed by atoms with E-state index in [0.717, 1.165) is 19.4 Å². The van der Waals surface area contributed by atoms with Gasteiger partial charge in [0.15, 0.2) is 0 Å². The van der Waals surface area contributed by atoms with Crippen LogP contribution in [0.25, 0.3) is 0 Å². The minimum atomic E-state index is -0.321. The van der Waals surface area contributed by atoms with Gasteiger partial charge in [0.1, 0.15) is 11.6 Å². The van der Waals surface area contributed by atoms with Crippen molar-refractivity contribution in [3.05, 3.63) is 28.0 Å². The van der Waals surface area contributed by atoms with Crippen LogP contribution in [0.3, 0.4) is 0 Å². The monoisotopic (exact) mass is 259 g/mol. The van der Waals surface area contributed by atoms with Crippen molar-refractivity contribution < 1.29 is 9.50 Å². The standard InChI is InChI=1S/C10H11BrFNO/c11-8-5-6(12)4-7(10(8)14)9-2-1-3-13-9/h4-5,9,13-14H,1-3H2/t9-/m1/s1. The molecule has 4 heteroatoms. The first-order valence-corrected chi connectivity index (χ1v) is 5.39. The Morgan fingerprint density at radius 2 is 2.29 bits per heavy atom. The summed E-state index contributed by atoms with van der Waals surface area (Å²) in [6.07, 6.45) is 2.02. The summed E-state index contributed by atoms with van der Waals surface area (Å²) in [5.41, 5.74) is 0.648. The van der Waals surface area contributed by atoms with Gasteiger partial charge in [-0.05, 0) is 47.4 Å². The lowest BCUT2D eigenvalue weighted by Gasteiger charge is -2.13. The maximum absolute atomic E-state index is 13.1. The highest BCUT2D eigenvalue weighted by atomic mass is 79.9. The largest absolute Gasteiger partial charge is 0.506 e. The zero-order chi connectivity index (χ0) is 10.1. The second kappa shape index (κ2) is 3.87. The molecule has 14 heavy (non-hydrogen) atoms. The second-order valence-corrected chi connectivity index (χ2v) is 4.33. The van der Waals surface area contributed by atoms with Gasteiger partial charge in [0, 0.05) is 11.6 Å². The Balaban J connectivity index is 2.40. The molecule has 0 bridgehead atoms. The van der Waals surface area contributed by atoms with Crippen LogP contribution >= 0.6 is 15.9 Å². The molecule has 1 fully saturated rings. The van der Waals surface area contributed by atoms with E-state index < -0.39 is 0 Å². The predicted octanol–water partition coefficient (Wildman–Crippen LogP) is 2.72. The van der Waals surface area contributed by atoms with Crippen molar-refractivity contribution in [2.24, 2.45) is 0 Å². The molecule has 0 unspecified atom stereocenters. The fourth-order valence-electron chi connectivity index (χ4n) is 1.80. The topological polar surface area (TPSA) is 32.3 Å². The molecule has 2 N–H and O–H groups in total. The van der Waals surface area contributed by atoms with E-state index in [1.807, 2.05) is 0 Å². The molecule has 0 saturated carbocycles. The molecule has 1 atom stereocenters. The van der Waals surface area contributed by atoms with Gasteiger partial charge >= 0.3 is 0 Å². The molecule has 76 valence electrons. The smallest absolute Gasteiger partial charge is 0.134 e. The lowest BCUT2D eigenvalue weighted by Crippen LogP contribution is -2.13. The van der Waals surface area contributed by atoms with E-state index in [0.29, 0.717) is 10.0 Å². The minimum Gasteiger partial charge on any atom is -0.506 e. The third-order valence-corrected chi connectivity index (χ3v) is 3.10.